The van der Waals surface area contributed by atoms with E-state index in [4.69, 9.17) is 5.11 Å². The predicted octanol–water partition coefficient (Wildman–Crippen LogP) is 1.51. The van der Waals surface area contributed by atoms with Crippen molar-refractivity contribution in [1.82, 2.24) is 0 Å². The van der Waals surface area contributed by atoms with Gasteiger partial charge in [0.05, 0.1) is 6.42 Å². The van der Waals surface area contributed by atoms with Crippen LogP contribution in [-0.4, -0.2) is 11.1 Å². The summed E-state index contributed by atoms with van der Waals surface area (Å²) >= 11 is 0. The van der Waals surface area contributed by atoms with Crippen LogP contribution in [0.5, 0.6) is 0 Å². The number of carboxylic acid groups (broad SMARTS) is 1. The third-order valence-electron chi connectivity index (χ3n) is 1.01. The van der Waals surface area contributed by atoms with E-state index in [-0.39, 0.29) is 12.3 Å². The fourth-order valence-electron chi connectivity index (χ4n) is 0.589. The molecule has 2 nitrogen and oxygen atoms in total. The summed E-state index contributed by atoms with van der Waals surface area (Å²) < 4.78 is 0. The molecule has 0 spiro atoms. The summed E-state index contributed by atoms with van der Waals surface area (Å²) in [6.07, 6.45) is 0.941. The summed E-state index contributed by atoms with van der Waals surface area (Å²) in [5.74, 6) is 4.88. The predicted molar refractivity (Wildman–Crippen MR) is 39.5 cm³/mol. The Hall–Kier alpha value is -0.970. The molecule has 0 aliphatic heterocycles. The Bertz CT molecular complexity index is 162. The first-order valence-electron chi connectivity index (χ1n) is 3.37. The zero-order valence-corrected chi connectivity index (χ0v) is 6.35. The maximum atomic E-state index is 10.1. The zero-order chi connectivity index (χ0) is 7.98. The van der Waals surface area contributed by atoms with E-state index in [9.17, 15) is 4.79 Å². The van der Waals surface area contributed by atoms with Crippen LogP contribution >= 0.6 is 0 Å². The van der Waals surface area contributed by atoms with Crippen molar-refractivity contribution in [2.24, 2.45) is 5.92 Å². The molecule has 2 heteroatoms. The van der Waals surface area contributed by atoms with E-state index >= 15 is 0 Å². The molecule has 0 saturated carbocycles. The Morgan fingerprint density at radius 3 is 2.70 bits per heavy atom. The molecule has 0 aliphatic carbocycles. The van der Waals surface area contributed by atoms with Crippen LogP contribution in [0.2, 0.25) is 0 Å². The normalized spacial score (nSPS) is 11.4. The molecule has 0 heterocycles. The standard InChI is InChI=1S/C8H12O2/c1-3-4-5-7(2)6-8(9)10/h7H,3,6H2,1-2H3,(H,9,10)/t7-/m1/s1. The minimum absolute atomic E-state index is 0.0163. The molecule has 56 valence electrons. The van der Waals surface area contributed by atoms with Crippen LogP contribution in [0.1, 0.15) is 26.7 Å². The molecule has 0 fully saturated rings. The number of carbonyl (C=O) groups is 1. The van der Waals surface area contributed by atoms with Gasteiger partial charge in [-0.1, -0.05) is 19.8 Å². The van der Waals surface area contributed by atoms with Gasteiger partial charge in [0.15, 0.2) is 0 Å². The van der Waals surface area contributed by atoms with E-state index in [2.05, 4.69) is 11.8 Å². The van der Waals surface area contributed by atoms with Crippen molar-refractivity contribution in [2.75, 3.05) is 0 Å². The Morgan fingerprint density at radius 1 is 1.70 bits per heavy atom. The summed E-state index contributed by atoms with van der Waals surface area (Å²) in [5, 5.41) is 8.32. The van der Waals surface area contributed by atoms with Crippen molar-refractivity contribution in [1.29, 1.82) is 0 Å². The molecular formula is C8H12O2. The first-order valence-corrected chi connectivity index (χ1v) is 3.37. The van der Waals surface area contributed by atoms with Crippen LogP contribution in [0, 0.1) is 17.8 Å². The van der Waals surface area contributed by atoms with Gasteiger partial charge in [-0.25, -0.2) is 0 Å². The molecule has 0 amide bonds. The summed E-state index contributed by atoms with van der Waals surface area (Å²) in [4.78, 5) is 10.1. The summed E-state index contributed by atoms with van der Waals surface area (Å²) in [5.41, 5.74) is 0. The van der Waals surface area contributed by atoms with Crippen molar-refractivity contribution in [3.05, 3.63) is 0 Å². The van der Waals surface area contributed by atoms with Crippen LogP contribution in [0.25, 0.3) is 0 Å². The Morgan fingerprint density at radius 2 is 2.30 bits per heavy atom. The van der Waals surface area contributed by atoms with Gasteiger partial charge >= 0.3 is 5.97 Å². The van der Waals surface area contributed by atoms with Gasteiger partial charge in [0.1, 0.15) is 0 Å². The summed E-state index contributed by atoms with van der Waals surface area (Å²) in [7, 11) is 0. The van der Waals surface area contributed by atoms with E-state index in [1.54, 1.807) is 0 Å². The van der Waals surface area contributed by atoms with Crippen LogP contribution in [0.15, 0.2) is 0 Å². The van der Waals surface area contributed by atoms with E-state index < -0.39 is 5.97 Å². The van der Waals surface area contributed by atoms with Crippen LogP contribution in [0.4, 0.5) is 0 Å². The van der Waals surface area contributed by atoms with Crippen molar-refractivity contribution in [3.63, 3.8) is 0 Å². The second-order valence-electron chi connectivity index (χ2n) is 2.17. The van der Waals surface area contributed by atoms with Gasteiger partial charge in [0, 0.05) is 12.3 Å². The fourth-order valence-corrected chi connectivity index (χ4v) is 0.589. The third-order valence-corrected chi connectivity index (χ3v) is 1.01. The third kappa shape index (κ3) is 5.17. The first-order chi connectivity index (χ1) is 4.66. The lowest BCUT2D eigenvalue weighted by atomic mass is 10.1. The lowest BCUT2D eigenvalue weighted by Gasteiger charge is -1.95. The lowest BCUT2D eigenvalue weighted by molar-refractivity contribution is -0.137. The molecule has 0 aliphatic rings. The largest absolute Gasteiger partial charge is 0.481 e. The summed E-state index contributed by atoms with van der Waals surface area (Å²) in [6.45, 7) is 3.76. The smallest absolute Gasteiger partial charge is 0.304 e. The quantitative estimate of drug-likeness (QED) is 0.590. The molecule has 0 aromatic carbocycles. The van der Waals surface area contributed by atoms with Gasteiger partial charge in [0.25, 0.3) is 0 Å². The van der Waals surface area contributed by atoms with Crippen molar-refractivity contribution >= 4 is 5.97 Å². The molecule has 10 heavy (non-hydrogen) atoms. The van der Waals surface area contributed by atoms with Gasteiger partial charge in [-0.15, -0.1) is 5.92 Å². The molecule has 0 rings (SSSR count). The maximum absolute atomic E-state index is 10.1. The van der Waals surface area contributed by atoms with Gasteiger partial charge in [0.2, 0.25) is 0 Å². The van der Waals surface area contributed by atoms with Crippen molar-refractivity contribution < 1.29 is 9.90 Å². The van der Waals surface area contributed by atoms with Gasteiger partial charge in [-0.05, 0) is 0 Å². The highest BCUT2D eigenvalue weighted by atomic mass is 16.4. The van der Waals surface area contributed by atoms with Crippen molar-refractivity contribution in [3.8, 4) is 11.8 Å². The second kappa shape index (κ2) is 4.87. The van der Waals surface area contributed by atoms with E-state index in [0.717, 1.165) is 6.42 Å². The van der Waals surface area contributed by atoms with E-state index in [1.807, 2.05) is 13.8 Å². The minimum Gasteiger partial charge on any atom is -0.481 e. The van der Waals surface area contributed by atoms with Crippen LogP contribution in [0.3, 0.4) is 0 Å². The second-order valence-corrected chi connectivity index (χ2v) is 2.17. The van der Waals surface area contributed by atoms with Gasteiger partial charge < -0.3 is 5.11 Å². The molecule has 1 atom stereocenters. The average Bonchev–Trinajstić information content (AvgIpc) is 1.82. The molecule has 0 saturated heterocycles. The SMILES string of the molecule is CCC#C[C@@H](C)CC(=O)O. The summed E-state index contributed by atoms with van der Waals surface area (Å²) in [6, 6.07) is 0. The molecule has 0 radical (unpaired) electrons. The van der Waals surface area contributed by atoms with Gasteiger partial charge in [-0.3, -0.25) is 4.79 Å². The molecule has 0 unspecified atom stereocenters. The minimum atomic E-state index is -0.780. The van der Waals surface area contributed by atoms with E-state index in [0.29, 0.717) is 0 Å². The fraction of sp³-hybridized carbons (Fsp3) is 0.625. The highest BCUT2D eigenvalue weighted by Crippen LogP contribution is 1.98. The molecule has 0 aromatic rings. The number of aliphatic carboxylic acids is 1. The number of rotatable bonds is 2. The number of hydrogen-bond donors (Lipinski definition) is 1. The molecular weight excluding hydrogens is 128 g/mol. The monoisotopic (exact) mass is 140 g/mol. The highest BCUT2D eigenvalue weighted by Gasteiger charge is 2.02. The Balaban J connectivity index is 3.63. The van der Waals surface area contributed by atoms with Crippen LogP contribution in [-0.2, 0) is 4.79 Å². The molecule has 0 bridgehead atoms. The molecule has 1 N–H and O–H groups in total. The number of hydrogen-bond acceptors (Lipinski definition) is 1. The molecule has 0 aromatic heterocycles. The van der Waals surface area contributed by atoms with E-state index in [1.165, 1.54) is 0 Å². The Kier molecular flexibility index (Phi) is 4.39. The van der Waals surface area contributed by atoms with Crippen molar-refractivity contribution in [2.45, 2.75) is 26.7 Å². The maximum Gasteiger partial charge on any atom is 0.304 e. The number of carboxylic acids is 1. The first kappa shape index (κ1) is 9.03. The van der Waals surface area contributed by atoms with Crippen LogP contribution < -0.4 is 0 Å². The Labute approximate surface area is 61.2 Å². The average molecular weight is 140 g/mol. The lowest BCUT2D eigenvalue weighted by Crippen LogP contribution is -2.01. The van der Waals surface area contributed by atoms with Gasteiger partial charge in [-0.2, -0.15) is 0 Å². The zero-order valence-electron chi connectivity index (χ0n) is 6.35. The topological polar surface area (TPSA) is 37.3 Å². The highest BCUT2D eigenvalue weighted by molar-refractivity contribution is 5.67.